The minimum absolute atomic E-state index is 0.0971. The van der Waals surface area contributed by atoms with Crippen LogP contribution in [-0.4, -0.2) is 33.9 Å². The molecule has 0 aromatic carbocycles. The van der Waals surface area contributed by atoms with E-state index in [9.17, 15) is 4.79 Å². The summed E-state index contributed by atoms with van der Waals surface area (Å²) < 4.78 is 0. The van der Waals surface area contributed by atoms with Crippen LogP contribution in [0.25, 0.3) is 0 Å². The van der Waals surface area contributed by atoms with E-state index in [4.69, 9.17) is 0 Å². The Morgan fingerprint density at radius 1 is 1.29 bits per heavy atom. The van der Waals surface area contributed by atoms with E-state index in [1.807, 2.05) is 30.0 Å². The number of rotatable bonds is 1. The van der Waals surface area contributed by atoms with Crippen LogP contribution in [0.3, 0.4) is 0 Å². The van der Waals surface area contributed by atoms with Gasteiger partial charge >= 0.3 is 0 Å². The van der Waals surface area contributed by atoms with Crippen LogP contribution >= 0.6 is 23.5 Å². The van der Waals surface area contributed by atoms with E-state index in [1.54, 1.807) is 6.20 Å². The molecule has 2 aromatic rings. The number of carbonyl (C=O) groups is 1. The quantitative estimate of drug-likeness (QED) is 0.868. The van der Waals surface area contributed by atoms with E-state index in [2.05, 4.69) is 26.3 Å². The number of thioether (sulfide) groups is 2. The van der Waals surface area contributed by atoms with Gasteiger partial charge in [-0.3, -0.25) is 4.79 Å². The first kappa shape index (κ1) is 13.0. The molecule has 0 saturated carbocycles. The number of pyridine rings is 2. The summed E-state index contributed by atoms with van der Waals surface area (Å²) in [4.78, 5) is 24.0. The largest absolute Gasteiger partial charge is 0.375 e. The molecule has 0 unspecified atom stereocenters. The van der Waals surface area contributed by atoms with E-state index >= 15 is 0 Å². The Labute approximate surface area is 130 Å². The van der Waals surface area contributed by atoms with Crippen molar-refractivity contribution in [2.45, 2.75) is 9.92 Å². The molecule has 7 heteroatoms. The zero-order chi connectivity index (χ0) is 14.2. The van der Waals surface area contributed by atoms with Crippen LogP contribution in [0, 0.1) is 0 Å². The lowest BCUT2D eigenvalue weighted by Gasteiger charge is -2.29. The minimum Gasteiger partial charge on any atom is -0.375 e. The monoisotopic (exact) mass is 316 g/mol. The Balaban J connectivity index is 1.75. The van der Waals surface area contributed by atoms with E-state index in [1.165, 1.54) is 16.7 Å². The van der Waals surface area contributed by atoms with Crippen LogP contribution in [0.2, 0.25) is 0 Å². The normalized spacial score (nSPS) is 17.0. The maximum absolute atomic E-state index is 11.5. The first-order valence-electron chi connectivity index (χ1n) is 6.62. The number of carbonyl (C=O) groups excluding carboxylic acids is 1. The zero-order valence-corrected chi connectivity index (χ0v) is 12.7. The summed E-state index contributed by atoms with van der Waals surface area (Å²) in [6, 6.07) is 8.00. The second kappa shape index (κ2) is 5.23. The van der Waals surface area contributed by atoms with Crippen molar-refractivity contribution in [3.8, 4) is 0 Å². The second-order valence-corrected chi connectivity index (χ2v) is 6.86. The number of nitrogens with zero attached hydrogens (tertiary/aromatic N) is 3. The van der Waals surface area contributed by atoms with E-state index in [-0.39, 0.29) is 5.12 Å². The Kier molecular flexibility index (Phi) is 3.23. The molecule has 0 spiro atoms. The van der Waals surface area contributed by atoms with Gasteiger partial charge in [-0.1, -0.05) is 0 Å². The molecule has 21 heavy (non-hydrogen) atoms. The average molecular weight is 316 g/mol. The maximum atomic E-state index is 11.5. The van der Waals surface area contributed by atoms with Gasteiger partial charge in [0.25, 0.3) is 0 Å². The van der Waals surface area contributed by atoms with Gasteiger partial charge in [0, 0.05) is 18.5 Å². The predicted molar refractivity (Wildman–Crippen MR) is 85.6 cm³/mol. The highest BCUT2D eigenvalue weighted by Crippen LogP contribution is 2.38. The highest BCUT2D eigenvalue weighted by Gasteiger charge is 2.23. The van der Waals surface area contributed by atoms with Crippen LogP contribution in [0.15, 0.2) is 40.4 Å². The van der Waals surface area contributed by atoms with Gasteiger partial charge in [-0.15, -0.1) is 11.8 Å². The lowest BCUT2D eigenvalue weighted by Crippen LogP contribution is -2.26. The van der Waals surface area contributed by atoms with Gasteiger partial charge in [0.05, 0.1) is 17.1 Å². The van der Waals surface area contributed by atoms with Gasteiger partial charge in [0.15, 0.2) is 0 Å². The van der Waals surface area contributed by atoms with Crippen LogP contribution in [-0.2, 0) is 4.79 Å². The van der Waals surface area contributed by atoms with Crippen molar-refractivity contribution >= 4 is 46.0 Å². The van der Waals surface area contributed by atoms with Gasteiger partial charge in [-0.2, -0.15) is 0 Å². The van der Waals surface area contributed by atoms with Crippen molar-refractivity contribution in [3.63, 3.8) is 0 Å². The maximum Gasteiger partial charge on any atom is 0.214 e. The van der Waals surface area contributed by atoms with Crippen molar-refractivity contribution in [2.24, 2.45) is 0 Å². The summed E-state index contributed by atoms with van der Waals surface area (Å²) in [5, 5.41) is 3.94. The summed E-state index contributed by atoms with van der Waals surface area (Å²) in [5.74, 6) is 2.79. The van der Waals surface area contributed by atoms with E-state index in [0.717, 1.165) is 34.6 Å². The van der Waals surface area contributed by atoms with Crippen molar-refractivity contribution in [1.29, 1.82) is 0 Å². The molecule has 1 N–H and O–H groups in total. The first-order chi connectivity index (χ1) is 10.3. The zero-order valence-electron chi connectivity index (χ0n) is 11.1. The van der Waals surface area contributed by atoms with Gasteiger partial charge in [-0.25, -0.2) is 9.97 Å². The smallest absolute Gasteiger partial charge is 0.214 e. The minimum atomic E-state index is 0.0971. The number of aromatic nitrogens is 2. The third kappa shape index (κ3) is 2.36. The van der Waals surface area contributed by atoms with E-state index in [0.29, 0.717) is 6.54 Å². The SMILES string of the molecule is O=C1CNc2ccc(N3CCSc4cccnc43)nc2S1. The third-order valence-electron chi connectivity index (χ3n) is 3.33. The van der Waals surface area contributed by atoms with Crippen LogP contribution < -0.4 is 10.2 Å². The number of nitrogens with one attached hydrogen (secondary N) is 1. The van der Waals surface area contributed by atoms with E-state index < -0.39 is 0 Å². The molecule has 0 amide bonds. The molecular weight excluding hydrogens is 304 g/mol. The molecule has 0 atom stereocenters. The van der Waals surface area contributed by atoms with Crippen molar-refractivity contribution in [2.75, 3.05) is 29.1 Å². The third-order valence-corrected chi connectivity index (χ3v) is 5.23. The fourth-order valence-electron chi connectivity index (χ4n) is 2.38. The average Bonchev–Trinajstić information content (AvgIpc) is 2.53. The lowest BCUT2D eigenvalue weighted by atomic mass is 10.3. The molecule has 0 saturated heterocycles. The standard InChI is InChI=1S/C14H12N4OS2/c19-12-8-16-9-3-4-11(17-14(9)21-12)18-6-7-20-10-2-1-5-15-13(10)18/h1-5,16H,6-8H2. The molecule has 2 aliphatic rings. The molecule has 0 radical (unpaired) electrons. The van der Waals surface area contributed by atoms with Crippen molar-refractivity contribution in [1.82, 2.24) is 9.97 Å². The number of fused-ring (bicyclic) bond motifs is 2. The predicted octanol–water partition coefficient (Wildman–Crippen LogP) is 2.76. The summed E-state index contributed by atoms with van der Waals surface area (Å²) in [5.41, 5.74) is 0.927. The van der Waals surface area contributed by atoms with Crippen molar-refractivity contribution < 1.29 is 4.79 Å². The fourth-order valence-corrected chi connectivity index (χ4v) is 4.09. The topological polar surface area (TPSA) is 58.1 Å². The fraction of sp³-hybridized carbons (Fsp3) is 0.214. The molecule has 2 aliphatic heterocycles. The van der Waals surface area contributed by atoms with Gasteiger partial charge < -0.3 is 10.2 Å². The summed E-state index contributed by atoms with van der Waals surface area (Å²) in [7, 11) is 0. The van der Waals surface area contributed by atoms with Gasteiger partial charge in [0.2, 0.25) is 5.12 Å². The lowest BCUT2D eigenvalue weighted by molar-refractivity contribution is -0.109. The van der Waals surface area contributed by atoms with Crippen LogP contribution in [0.4, 0.5) is 17.3 Å². The molecule has 0 aliphatic carbocycles. The summed E-state index contributed by atoms with van der Waals surface area (Å²) >= 11 is 3.02. The summed E-state index contributed by atoms with van der Waals surface area (Å²) in [6.07, 6.45) is 1.80. The Hall–Kier alpha value is -1.73. The highest BCUT2D eigenvalue weighted by atomic mass is 32.2. The van der Waals surface area contributed by atoms with Crippen LogP contribution in [0.5, 0.6) is 0 Å². The van der Waals surface area contributed by atoms with Crippen LogP contribution in [0.1, 0.15) is 0 Å². The molecule has 2 aromatic heterocycles. The molecule has 0 bridgehead atoms. The molecule has 106 valence electrons. The number of anilines is 3. The highest BCUT2D eigenvalue weighted by molar-refractivity contribution is 8.13. The van der Waals surface area contributed by atoms with Gasteiger partial charge in [-0.05, 0) is 36.0 Å². The molecule has 4 rings (SSSR count). The Bertz CT molecular complexity index is 722. The van der Waals surface area contributed by atoms with Crippen molar-refractivity contribution in [3.05, 3.63) is 30.5 Å². The second-order valence-electron chi connectivity index (χ2n) is 4.68. The number of hydrogen-bond donors (Lipinski definition) is 1. The van der Waals surface area contributed by atoms with Gasteiger partial charge in [0.1, 0.15) is 16.7 Å². The molecule has 4 heterocycles. The molecule has 0 fully saturated rings. The molecular formula is C14H12N4OS2. The Morgan fingerprint density at radius 3 is 3.19 bits per heavy atom. The first-order valence-corrected chi connectivity index (χ1v) is 8.42. The molecule has 5 nitrogen and oxygen atoms in total. The Morgan fingerprint density at radius 2 is 2.24 bits per heavy atom. The summed E-state index contributed by atoms with van der Waals surface area (Å²) in [6.45, 7) is 1.23. The number of hydrogen-bond acceptors (Lipinski definition) is 7.